The lowest BCUT2D eigenvalue weighted by molar-refractivity contribution is 0.0934. The van der Waals surface area contributed by atoms with Crippen molar-refractivity contribution in [3.63, 3.8) is 0 Å². The summed E-state index contributed by atoms with van der Waals surface area (Å²) in [4.78, 5) is 13.3. The third kappa shape index (κ3) is 3.08. The van der Waals surface area contributed by atoms with Crippen LogP contribution in [0.1, 0.15) is 28.4 Å². The van der Waals surface area contributed by atoms with Crippen molar-refractivity contribution in [1.82, 2.24) is 5.32 Å². The molecule has 2 nitrogen and oxygen atoms in total. The predicted octanol–water partition coefficient (Wildman–Crippen LogP) is 3.93. The van der Waals surface area contributed by atoms with Gasteiger partial charge in [0.15, 0.2) is 0 Å². The quantitative estimate of drug-likeness (QED) is 0.911. The van der Waals surface area contributed by atoms with Crippen molar-refractivity contribution in [2.45, 2.75) is 17.4 Å². The normalized spacial score (nSPS) is 17.1. The van der Waals surface area contributed by atoms with Gasteiger partial charge in [-0.05, 0) is 30.2 Å². The second-order valence-corrected chi connectivity index (χ2v) is 6.00. The van der Waals surface area contributed by atoms with Gasteiger partial charge in [0, 0.05) is 22.3 Å². The second kappa shape index (κ2) is 5.85. The van der Waals surface area contributed by atoms with Crippen LogP contribution in [-0.4, -0.2) is 11.7 Å². The van der Waals surface area contributed by atoms with E-state index in [1.165, 1.54) is 0 Å². The van der Waals surface area contributed by atoms with Gasteiger partial charge >= 0.3 is 0 Å². The van der Waals surface area contributed by atoms with Crippen molar-refractivity contribution < 1.29 is 13.6 Å². The fraction of sp³-hybridized carbons (Fsp3) is 0.188. The van der Waals surface area contributed by atoms with E-state index in [0.29, 0.717) is 0 Å². The van der Waals surface area contributed by atoms with Gasteiger partial charge < -0.3 is 5.32 Å². The summed E-state index contributed by atoms with van der Waals surface area (Å²) in [6, 6.07) is 10.6. The maximum atomic E-state index is 13.2. The maximum absolute atomic E-state index is 13.2. The Bertz CT molecular complexity index is 669. The average molecular weight is 305 g/mol. The molecule has 1 aliphatic rings. The van der Waals surface area contributed by atoms with Gasteiger partial charge in [0.1, 0.15) is 11.6 Å². The van der Waals surface area contributed by atoms with Crippen LogP contribution < -0.4 is 5.32 Å². The van der Waals surface area contributed by atoms with Gasteiger partial charge in [0.25, 0.3) is 5.91 Å². The van der Waals surface area contributed by atoms with Gasteiger partial charge in [0.2, 0.25) is 0 Å². The summed E-state index contributed by atoms with van der Waals surface area (Å²) in [5, 5.41) is 2.86. The van der Waals surface area contributed by atoms with E-state index < -0.39 is 17.5 Å². The van der Waals surface area contributed by atoms with Crippen molar-refractivity contribution in [3.8, 4) is 0 Å². The third-order valence-corrected chi connectivity index (χ3v) is 4.51. The molecule has 3 rings (SSSR count). The number of hydrogen-bond donors (Lipinski definition) is 1. The van der Waals surface area contributed by atoms with Crippen LogP contribution in [0.15, 0.2) is 47.4 Å². The van der Waals surface area contributed by atoms with Crippen LogP contribution in [0, 0.1) is 11.6 Å². The zero-order valence-corrected chi connectivity index (χ0v) is 11.9. The summed E-state index contributed by atoms with van der Waals surface area (Å²) in [6.07, 6.45) is 0.797. The molecule has 0 unspecified atom stereocenters. The van der Waals surface area contributed by atoms with E-state index in [1.807, 2.05) is 24.3 Å². The van der Waals surface area contributed by atoms with Gasteiger partial charge in [-0.1, -0.05) is 18.2 Å². The van der Waals surface area contributed by atoms with Crippen LogP contribution >= 0.6 is 11.8 Å². The molecule has 0 radical (unpaired) electrons. The average Bonchev–Trinajstić information content (AvgIpc) is 2.46. The molecule has 1 amide bonds. The Morgan fingerprint density at radius 2 is 1.86 bits per heavy atom. The molecule has 108 valence electrons. The summed E-state index contributed by atoms with van der Waals surface area (Å²) in [6.45, 7) is 0. The number of halogens is 2. The summed E-state index contributed by atoms with van der Waals surface area (Å²) in [5.74, 6) is -1.06. The topological polar surface area (TPSA) is 29.1 Å². The number of benzene rings is 2. The lowest BCUT2D eigenvalue weighted by Crippen LogP contribution is -2.30. The minimum Gasteiger partial charge on any atom is -0.345 e. The largest absolute Gasteiger partial charge is 0.345 e. The molecule has 0 fully saturated rings. The van der Waals surface area contributed by atoms with Crippen molar-refractivity contribution in [1.29, 1.82) is 0 Å². The Hall–Kier alpha value is -1.88. The van der Waals surface area contributed by atoms with Crippen LogP contribution in [0.5, 0.6) is 0 Å². The SMILES string of the molecule is O=C(N[C@@H]1CCSc2ccccc21)c1cc(F)cc(F)c1. The van der Waals surface area contributed by atoms with Crippen LogP contribution in [0.3, 0.4) is 0 Å². The standard InChI is InChI=1S/C16H13F2NOS/c17-11-7-10(8-12(18)9-11)16(20)19-14-5-6-21-15-4-2-1-3-13(14)15/h1-4,7-9,14H,5-6H2,(H,19,20)/t14-/m1/s1. The summed E-state index contributed by atoms with van der Waals surface area (Å²) in [7, 11) is 0. The molecule has 5 heteroatoms. The van der Waals surface area contributed by atoms with E-state index in [0.717, 1.165) is 40.8 Å². The van der Waals surface area contributed by atoms with Crippen LogP contribution in [-0.2, 0) is 0 Å². The lowest BCUT2D eigenvalue weighted by atomic mass is 10.0. The number of fused-ring (bicyclic) bond motifs is 1. The second-order valence-electron chi connectivity index (χ2n) is 4.86. The number of carbonyl (C=O) groups excluding carboxylic acids is 1. The number of hydrogen-bond acceptors (Lipinski definition) is 2. The van der Waals surface area contributed by atoms with Gasteiger partial charge in [-0.3, -0.25) is 4.79 Å². The highest BCUT2D eigenvalue weighted by Crippen LogP contribution is 2.35. The van der Waals surface area contributed by atoms with Crippen LogP contribution in [0.4, 0.5) is 8.78 Å². The molecule has 0 aliphatic carbocycles. The number of rotatable bonds is 2. The van der Waals surface area contributed by atoms with Crippen LogP contribution in [0.2, 0.25) is 0 Å². The Labute approximate surface area is 125 Å². The first-order chi connectivity index (χ1) is 10.1. The monoisotopic (exact) mass is 305 g/mol. The number of thioether (sulfide) groups is 1. The first kappa shape index (κ1) is 14.1. The van der Waals surface area contributed by atoms with Crippen molar-refractivity contribution in [2.75, 3.05) is 5.75 Å². The summed E-state index contributed by atoms with van der Waals surface area (Å²) < 4.78 is 26.4. The number of carbonyl (C=O) groups is 1. The smallest absolute Gasteiger partial charge is 0.251 e. The fourth-order valence-corrected chi connectivity index (χ4v) is 3.54. The molecule has 0 bridgehead atoms. The first-order valence-corrected chi connectivity index (χ1v) is 7.61. The number of nitrogens with one attached hydrogen (secondary N) is 1. The highest BCUT2D eigenvalue weighted by molar-refractivity contribution is 7.99. The van der Waals surface area contributed by atoms with Gasteiger partial charge in [0.05, 0.1) is 6.04 Å². The van der Waals surface area contributed by atoms with E-state index in [-0.39, 0.29) is 11.6 Å². The highest BCUT2D eigenvalue weighted by atomic mass is 32.2. The van der Waals surface area contributed by atoms with Gasteiger partial charge in [-0.25, -0.2) is 8.78 Å². The molecule has 1 atom stereocenters. The summed E-state index contributed by atoms with van der Waals surface area (Å²) >= 11 is 1.75. The molecular formula is C16H13F2NOS. The molecule has 2 aromatic carbocycles. The molecule has 0 saturated carbocycles. The molecule has 1 heterocycles. The Morgan fingerprint density at radius 3 is 2.62 bits per heavy atom. The fourth-order valence-electron chi connectivity index (χ4n) is 2.42. The van der Waals surface area contributed by atoms with Gasteiger partial charge in [-0.2, -0.15) is 0 Å². The molecule has 0 aromatic heterocycles. The van der Waals surface area contributed by atoms with Gasteiger partial charge in [-0.15, -0.1) is 11.8 Å². The van der Waals surface area contributed by atoms with Crippen molar-refractivity contribution in [3.05, 3.63) is 65.2 Å². The molecule has 0 saturated heterocycles. The highest BCUT2D eigenvalue weighted by Gasteiger charge is 2.22. The molecular weight excluding hydrogens is 292 g/mol. The Balaban J connectivity index is 1.82. The molecule has 1 N–H and O–H groups in total. The minimum atomic E-state index is -0.750. The maximum Gasteiger partial charge on any atom is 0.251 e. The van der Waals surface area contributed by atoms with Crippen molar-refractivity contribution in [2.24, 2.45) is 0 Å². The Kier molecular flexibility index (Phi) is 3.92. The predicted molar refractivity (Wildman–Crippen MR) is 78.3 cm³/mol. The third-order valence-electron chi connectivity index (χ3n) is 3.39. The van der Waals surface area contributed by atoms with E-state index in [2.05, 4.69) is 5.32 Å². The minimum absolute atomic E-state index is 0.00297. The first-order valence-electron chi connectivity index (χ1n) is 6.62. The van der Waals surface area contributed by atoms with E-state index in [9.17, 15) is 13.6 Å². The van der Waals surface area contributed by atoms with Crippen LogP contribution in [0.25, 0.3) is 0 Å². The molecule has 0 spiro atoms. The van der Waals surface area contributed by atoms with E-state index in [4.69, 9.17) is 0 Å². The van der Waals surface area contributed by atoms with E-state index >= 15 is 0 Å². The number of amides is 1. The van der Waals surface area contributed by atoms with Crippen molar-refractivity contribution >= 4 is 17.7 Å². The van der Waals surface area contributed by atoms with E-state index in [1.54, 1.807) is 11.8 Å². The Morgan fingerprint density at radius 1 is 1.14 bits per heavy atom. The summed E-state index contributed by atoms with van der Waals surface area (Å²) in [5.41, 5.74) is 1.06. The molecule has 2 aromatic rings. The molecule has 21 heavy (non-hydrogen) atoms. The zero-order valence-electron chi connectivity index (χ0n) is 11.1. The lowest BCUT2D eigenvalue weighted by Gasteiger charge is -2.25. The molecule has 1 aliphatic heterocycles. The zero-order chi connectivity index (χ0) is 14.8.